The number of esters is 1. The largest absolute Gasteiger partial charge is 0.465 e. The molecular weight excluding hydrogens is 318 g/mol. The topological polar surface area (TPSA) is 46.6 Å². The Morgan fingerprint density at radius 2 is 2.22 bits per heavy atom. The van der Waals surface area contributed by atoms with Gasteiger partial charge >= 0.3 is 5.97 Å². The van der Waals surface area contributed by atoms with Crippen molar-refractivity contribution < 1.29 is 14.3 Å². The molecule has 0 aromatic carbocycles. The molecule has 0 spiro atoms. The summed E-state index contributed by atoms with van der Waals surface area (Å²) in [6.45, 7) is 2.01. The molecule has 0 fully saturated rings. The second-order valence-electron chi connectivity index (χ2n) is 3.47. The predicted octanol–water partition coefficient (Wildman–Crippen LogP) is 2.55. The van der Waals surface area contributed by atoms with E-state index in [0.29, 0.717) is 6.61 Å². The molecule has 1 amide bonds. The SMILES string of the molecule is CCOC(=O)CN(C)C(=O)/C=C/c1ccc(Br)s1. The smallest absolute Gasteiger partial charge is 0.325 e. The summed E-state index contributed by atoms with van der Waals surface area (Å²) in [7, 11) is 1.56. The van der Waals surface area contributed by atoms with E-state index < -0.39 is 5.97 Å². The monoisotopic (exact) mass is 331 g/mol. The van der Waals surface area contributed by atoms with Gasteiger partial charge < -0.3 is 9.64 Å². The van der Waals surface area contributed by atoms with E-state index in [-0.39, 0.29) is 12.5 Å². The average Bonchev–Trinajstić information content (AvgIpc) is 2.72. The van der Waals surface area contributed by atoms with E-state index in [4.69, 9.17) is 4.74 Å². The first-order valence-electron chi connectivity index (χ1n) is 5.37. The lowest BCUT2D eigenvalue weighted by molar-refractivity contribution is -0.146. The van der Waals surface area contributed by atoms with Gasteiger partial charge in [0, 0.05) is 18.0 Å². The van der Waals surface area contributed by atoms with E-state index in [0.717, 1.165) is 8.66 Å². The molecule has 98 valence electrons. The summed E-state index contributed by atoms with van der Waals surface area (Å²) in [4.78, 5) is 25.2. The van der Waals surface area contributed by atoms with Gasteiger partial charge in [-0.25, -0.2) is 0 Å². The zero-order chi connectivity index (χ0) is 13.5. The molecule has 0 saturated heterocycles. The fourth-order valence-corrected chi connectivity index (χ4v) is 2.50. The van der Waals surface area contributed by atoms with Crippen molar-refractivity contribution in [2.45, 2.75) is 6.92 Å². The first-order chi connectivity index (χ1) is 8.52. The number of rotatable bonds is 5. The number of thiophene rings is 1. The standard InChI is InChI=1S/C12H14BrNO3S/c1-3-17-12(16)8-14(2)11(15)7-5-9-4-6-10(13)18-9/h4-7H,3,8H2,1-2H3/b7-5+. The Hall–Kier alpha value is -1.14. The number of hydrogen-bond donors (Lipinski definition) is 0. The number of amides is 1. The number of ether oxygens (including phenoxy) is 1. The lowest BCUT2D eigenvalue weighted by Gasteiger charge is -2.13. The Morgan fingerprint density at radius 1 is 1.50 bits per heavy atom. The summed E-state index contributed by atoms with van der Waals surface area (Å²) in [5.74, 6) is -0.631. The Balaban J connectivity index is 2.49. The van der Waals surface area contributed by atoms with E-state index in [9.17, 15) is 9.59 Å². The van der Waals surface area contributed by atoms with Crippen LogP contribution in [0.15, 0.2) is 22.0 Å². The highest BCUT2D eigenvalue weighted by molar-refractivity contribution is 9.11. The third kappa shape index (κ3) is 5.01. The first kappa shape index (κ1) is 14.9. The zero-order valence-corrected chi connectivity index (χ0v) is 12.6. The fourth-order valence-electron chi connectivity index (χ4n) is 1.18. The van der Waals surface area contributed by atoms with Crippen molar-refractivity contribution >= 4 is 45.2 Å². The number of carbonyl (C=O) groups excluding carboxylic acids is 2. The molecule has 1 rings (SSSR count). The van der Waals surface area contributed by atoms with Gasteiger partial charge in [-0.15, -0.1) is 11.3 Å². The summed E-state index contributed by atoms with van der Waals surface area (Å²) >= 11 is 4.88. The van der Waals surface area contributed by atoms with Gasteiger partial charge in [0.1, 0.15) is 6.54 Å². The van der Waals surface area contributed by atoms with Crippen LogP contribution >= 0.6 is 27.3 Å². The van der Waals surface area contributed by atoms with Crippen LogP contribution in [0.25, 0.3) is 6.08 Å². The molecule has 0 aliphatic heterocycles. The number of nitrogens with zero attached hydrogens (tertiary/aromatic N) is 1. The van der Waals surface area contributed by atoms with Gasteiger partial charge in [0.15, 0.2) is 0 Å². The number of carbonyl (C=O) groups is 2. The van der Waals surface area contributed by atoms with Crippen molar-refractivity contribution in [2.24, 2.45) is 0 Å². The van der Waals surface area contributed by atoms with Crippen molar-refractivity contribution in [3.8, 4) is 0 Å². The van der Waals surface area contributed by atoms with Gasteiger partial charge in [0.05, 0.1) is 10.4 Å². The van der Waals surface area contributed by atoms with Crippen LogP contribution in [-0.4, -0.2) is 37.0 Å². The summed E-state index contributed by atoms with van der Waals surface area (Å²) in [6.07, 6.45) is 3.16. The van der Waals surface area contributed by atoms with Gasteiger partial charge in [-0.1, -0.05) is 0 Å². The van der Waals surface area contributed by atoms with Crippen molar-refractivity contribution in [1.29, 1.82) is 0 Å². The van der Waals surface area contributed by atoms with Crippen LogP contribution in [0.5, 0.6) is 0 Å². The molecule has 0 radical (unpaired) electrons. The number of halogens is 1. The van der Waals surface area contributed by atoms with E-state index in [1.54, 1.807) is 20.0 Å². The highest BCUT2D eigenvalue weighted by Crippen LogP contribution is 2.22. The van der Waals surface area contributed by atoms with Gasteiger partial charge in [-0.05, 0) is 41.1 Å². The van der Waals surface area contributed by atoms with Gasteiger partial charge in [0.25, 0.3) is 0 Å². The highest BCUT2D eigenvalue weighted by Gasteiger charge is 2.10. The molecule has 1 aromatic rings. The van der Waals surface area contributed by atoms with Gasteiger partial charge in [0.2, 0.25) is 5.91 Å². The molecule has 0 saturated carbocycles. The quantitative estimate of drug-likeness (QED) is 0.615. The molecule has 1 aromatic heterocycles. The summed E-state index contributed by atoms with van der Waals surface area (Å²) < 4.78 is 5.78. The third-order valence-corrected chi connectivity index (χ3v) is 3.62. The van der Waals surface area contributed by atoms with Crippen LogP contribution in [0.2, 0.25) is 0 Å². The molecule has 0 unspecified atom stereocenters. The summed E-state index contributed by atoms with van der Waals surface area (Å²) in [6, 6.07) is 3.82. The molecule has 6 heteroatoms. The van der Waals surface area contributed by atoms with Crippen LogP contribution in [0.4, 0.5) is 0 Å². The molecule has 0 bridgehead atoms. The molecule has 4 nitrogen and oxygen atoms in total. The maximum atomic E-state index is 11.7. The Labute approximate surface area is 118 Å². The third-order valence-electron chi connectivity index (χ3n) is 2.03. The molecular formula is C12H14BrNO3S. The normalized spacial score (nSPS) is 10.6. The highest BCUT2D eigenvalue weighted by atomic mass is 79.9. The Morgan fingerprint density at radius 3 is 2.78 bits per heavy atom. The Bertz CT molecular complexity index is 456. The van der Waals surface area contributed by atoms with Gasteiger partial charge in [-0.3, -0.25) is 9.59 Å². The van der Waals surface area contributed by atoms with E-state index in [1.165, 1.54) is 22.3 Å². The van der Waals surface area contributed by atoms with Crippen molar-refractivity contribution in [3.05, 3.63) is 26.9 Å². The minimum atomic E-state index is -0.402. The van der Waals surface area contributed by atoms with E-state index >= 15 is 0 Å². The average molecular weight is 332 g/mol. The molecule has 0 N–H and O–H groups in total. The van der Waals surface area contributed by atoms with Gasteiger partial charge in [-0.2, -0.15) is 0 Å². The predicted molar refractivity (Wildman–Crippen MR) is 75.3 cm³/mol. The first-order valence-corrected chi connectivity index (χ1v) is 6.98. The van der Waals surface area contributed by atoms with Crippen LogP contribution in [-0.2, 0) is 14.3 Å². The lowest BCUT2D eigenvalue weighted by Crippen LogP contribution is -2.31. The minimum Gasteiger partial charge on any atom is -0.465 e. The van der Waals surface area contributed by atoms with E-state index in [2.05, 4.69) is 15.9 Å². The van der Waals surface area contributed by atoms with E-state index in [1.807, 2.05) is 12.1 Å². The zero-order valence-electron chi connectivity index (χ0n) is 10.2. The van der Waals surface area contributed by atoms with Crippen molar-refractivity contribution in [1.82, 2.24) is 4.90 Å². The molecule has 0 aliphatic carbocycles. The number of hydrogen-bond acceptors (Lipinski definition) is 4. The second kappa shape index (κ2) is 7.33. The Kier molecular flexibility index (Phi) is 6.07. The second-order valence-corrected chi connectivity index (χ2v) is 5.97. The molecule has 0 atom stereocenters. The van der Waals surface area contributed by atoms with Crippen LogP contribution in [0.3, 0.4) is 0 Å². The molecule has 0 aliphatic rings. The minimum absolute atomic E-state index is 0.0366. The van der Waals surface area contributed by atoms with Crippen LogP contribution in [0.1, 0.15) is 11.8 Å². The fraction of sp³-hybridized carbons (Fsp3) is 0.333. The van der Waals surface area contributed by atoms with Crippen molar-refractivity contribution in [2.75, 3.05) is 20.2 Å². The summed E-state index contributed by atoms with van der Waals surface area (Å²) in [5, 5.41) is 0. The maximum Gasteiger partial charge on any atom is 0.325 e. The summed E-state index contributed by atoms with van der Waals surface area (Å²) in [5.41, 5.74) is 0. The van der Waals surface area contributed by atoms with Crippen LogP contribution in [0, 0.1) is 0 Å². The van der Waals surface area contributed by atoms with Crippen LogP contribution < -0.4 is 0 Å². The maximum absolute atomic E-state index is 11.7. The van der Waals surface area contributed by atoms with Crippen molar-refractivity contribution in [3.63, 3.8) is 0 Å². The number of likely N-dealkylation sites (N-methyl/N-ethyl adjacent to an activating group) is 1. The molecule has 1 heterocycles. The lowest BCUT2D eigenvalue weighted by atomic mass is 10.4. The molecule has 18 heavy (non-hydrogen) atoms.